The van der Waals surface area contributed by atoms with Crippen molar-refractivity contribution in [2.45, 2.75) is 26.7 Å². The second kappa shape index (κ2) is 8.87. The van der Waals surface area contributed by atoms with Crippen LogP contribution in [0.1, 0.15) is 25.3 Å². The lowest BCUT2D eigenvalue weighted by Gasteiger charge is -2.20. The molecule has 3 fully saturated rings. The zero-order valence-electron chi connectivity index (χ0n) is 20.8. The standard InChI is InChI=1S/C29H28N2O6/c1-3-36-21-8-6-20(7-9-21)30-15-19(14-24(30)32)29(35)37-22-10-11-23(16(2)12-22)31-27(33)25-17-4-5-18(13-17)26(25)28(31)34/h4-12,17-19,25-26H,3,13-15H2,1-2H3/t17-,18-,19+,25-,26+/m0/s1. The van der Waals surface area contributed by atoms with Gasteiger partial charge in [-0.2, -0.15) is 0 Å². The summed E-state index contributed by atoms with van der Waals surface area (Å²) in [6.45, 7) is 4.49. The number of esters is 1. The Morgan fingerprint density at radius 1 is 0.946 bits per heavy atom. The van der Waals surface area contributed by atoms with Crippen molar-refractivity contribution in [1.82, 2.24) is 0 Å². The monoisotopic (exact) mass is 500 g/mol. The van der Waals surface area contributed by atoms with Crippen LogP contribution in [0, 0.1) is 36.5 Å². The molecule has 0 N–H and O–H groups in total. The van der Waals surface area contributed by atoms with Crippen molar-refractivity contribution in [3.63, 3.8) is 0 Å². The second-order valence-corrected chi connectivity index (χ2v) is 10.2. The van der Waals surface area contributed by atoms with Crippen LogP contribution in [0.3, 0.4) is 0 Å². The van der Waals surface area contributed by atoms with E-state index < -0.39 is 11.9 Å². The summed E-state index contributed by atoms with van der Waals surface area (Å²) in [6, 6.07) is 12.1. The molecule has 3 amide bonds. The number of aryl methyl sites for hydroxylation is 1. The first-order chi connectivity index (χ1) is 17.9. The van der Waals surface area contributed by atoms with E-state index in [1.165, 1.54) is 4.90 Å². The van der Waals surface area contributed by atoms with Crippen LogP contribution in [0.4, 0.5) is 11.4 Å². The molecule has 0 spiro atoms. The number of benzene rings is 2. The largest absolute Gasteiger partial charge is 0.494 e. The Morgan fingerprint density at radius 3 is 2.22 bits per heavy atom. The van der Waals surface area contributed by atoms with Gasteiger partial charge >= 0.3 is 5.97 Å². The molecule has 0 unspecified atom stereocenters. The second-order valence-electron chi connectivity index (χ2n) is 10.2. The van der Waals surface area contributed by atoms with E-state index in [1.54, 1.807) is 54.3 Å². The van der Waals surface area contributed by atoms with E-state index in [0.717, 1.165) is 12.2 Å². The molecule has 2 aliphatic heterocycles. The number of carbonyl (C=O) groups excluding carboxylic acids is 4. The topological polar surface area (TPSA) is 93.2 Å². The van der Waals surface area contributed by atoms with Gasteiger partial charge in [0.2, 0.25) is 17.7 Å². The number of hydrogen-bond donors (Lipinski definition) is 0. The molecule has 2 heterocycles. The number of allylic oxidation sites excluding steroid dienone is 2. The van der Waals surface area contributed by atoms with Gasteiger partial charge in [0.05, 0.1) is 30.0 Å². The van der Waals surface area contributed by atoms with Gasteiger partial charge in [-0.05, 0) is 80.1 Å². The van der Waals surface area contributed by atoms with Crippen molar-refractivity contribution < 1.29 is 28.7 Å². The smallest absolute Gasteiger partial charge is 0.316 e. The number of amides is 3. The van der Waals surface area contributed by atoms with Gasteiger partial charge in [0.25, 0.3) is 0 Å². The fourth-order valence-electron chi connectivity index (χ4n) is 6.29. The van der Waals surface area contributed by atoms with Crippen molar-refractivity contribution in [1.29, 1.82) is 0 Å². The number of fused-ring (bicyclic) bond motifs is 5. The van der Waals surface area contributed by atoms with Crippen LogP contribution in [-0.4, -0.2) is 36.8 Å². The number of imide groups is 1. The summed E-state index contributed by atoms with van der Waals surface area (Å²) in [5, 5.41) is 0. The maximum absolute atomic E-state index is 13.1. The van der Waals surface area contributed by atoms with Gasteiger partial charge in [0.1, 0.15) is 11.5 Å². The molecule has 0 aromatic heterocycles. The summed E-state index contributed by atoms with van der Waals surface area (Å²) >= 11 is 0. The van der Waals surface area contributed by atoms with Crippen molar-refractivity contribution in [3.05, 3.63) is 60.2 Å². The quantitative estimate of drug-likeness (QED) is 0.260. The molecule has 0 radical (unpaired) electrons. The van der Waals surface area contributed by atoms with Crippen molar-refractivity contribution in [2.24, 2.45) is 29.6 Å². The first-order valence-corrected chi connectivity index (χ1v) is 12.8. The molecular weight excluding hydrogens is 472 g/mol. The SMILES string of the molecule is CCOc1ccc(N2C[C@H](C(=O)Oc3ccc(N4C(=O)[C@@H]5[C@H](C4=O)[C@H]4C=C[C@H]5C4)c(C)c3)CC2=O)cc1. The molecule has 2 aromatic rings. The molecule has 190 valence electrons. The Labute approximate surface area is 214 Å². The highest BCUT2D eigenvalue weighted by Gasteiger charge is 2.59. The first kappa shape index (κ1) is 23.5. The number of anilines is 2. The molecule has 8 heteroatoms. The fourth-order valence-corrected chi connectivity index (χ4v) is 6.29. The van der Waals surface area contributed by atoms with Gasteiger partial charge in [-0.15, -0.1) is 0 Å². The van der Waals surface area contributed by atoms with Crippen LogP contribution in [0.25, 0.3) is 0 Å². The van der Waals surface area contributed by atoms with Crippen LogP contribution >= 0.6 is 0 Å². The predicted molar refractivity (Wildman–Crippen MR) is 135 cm³/mol. The van der Waals surface area contributed by atoms with Crippen LogP contribution in [-0.2, 0) is 19.2 Å². The van der Waals surface area contributed by atoms with Gasteiger partial charge in [-0.25, -0.2) is 4.90 Å². The highest BCUT2D eigenvalue weighted by molar-refractivity contribution is 6.23. The Kier molecular flexibility index (Phi) is 5.62. The molecule has 2 bridgehead atoms. The van der Waals surface area contributed by atoms with Gasteiger partial charge < -0.3 is 14.4 Å². The molecule has 37 heavy (non-hydrogen) atoms. The minimum absolute atomic E-state index is 0.0685. The number of nitrogens with zero attached hydrogens (tertiary/aromatic N) is 2. The highest BCUT2D eigenvalue weighted by Crippen LogP contribution is 2.53. The van der Waals surface area contributed by atoms with Crippen molar-refractivity contribution in [3.8, 4) is 11.5 Å². The lowest BCUT2D eigenvalue weighted by Crippen LogP contribution is -2.33. The Balaban J connectivity index is 1.13. The van der Waals surface area contributed by atoms with E-state index in [1.807, 2.05) is 6.92 Å². The van der Waals surface area contributed by atoms with E-state index in [2.05, 4.69) is 12.2 Å². The van der Waals surface area contributed by atoms with E-state index in [9.17, 15) is 19.2 Å². The van der Waals surface area contributed by atoms with Gasteiger partial charge in [-0.3, -0.25) is 19.2 Å². The molecule has 8 nitrogen and oxygen atoms in total. The third kappa shape index (κ3) is 3.82. The molecule has 2 aromatic carbocycles. The van der Waals surface area contributed by atoms with Gasteiger partial charge in [-0.1, -0.05) is 12.2 Å². The van der Waals surface area contributed by atoms with Crippen LogP contribution in [0.2, 0.25) is 0 Å². The Hall–Kier alpha value is -3.94. The predicted octanol–water partition coefficient (Wildman–Crippen LogP) is 3.66. The molecule has 4 aliphatic rings. The third-order valence-electron chi connectivity index (χ3n) is 8.02. The first-order valence-electron chi connectivity index (χ1n) is 12.8. The fraction of sp³-hybridized carbons (Fsp3) is 0.379. The van der Waals surface area contributed by atoms with E-state index in [0.29, 0.717) is 29.3 Å². The van der Waals surface area contributed by atoms with Crippen molar-refractivity contribution >= 4 is 35.1 Å². The molecule has 2 aliphatic carbocycles. The van der Waals surface area contributed by atoms with Crippen molar-refractivity contribution in [2.75, 3.05) is 23.0 Å². The Morgan fingerprint density at radius 2 is 1.59 bits per heavy atom. The average Bonchev–Trinajstić information content (AvgIpc) is 3.64. The minimum Gasteiger partial charge on any atom is -0.494 e. The van der Waals surface area contributed by atoms with Crippen LogP contribution < -0.4 is 19.3 Å². The van der Waals surface area contributed by atoms with Crippen LogP contribution in [0.15, 0.2) is 54.6 Å². The lowest BCUT2D eigenvalue weighted by molar-refractivity contribution is -0.139. The van der Waals surface area contributed by atoms with E-state index >= 15 is 0 Å². The minimum atomic E-state index is -0.594. The molecule has 6 rings (SSSR count). The number of ether oxygens (including phenoxy) is 2. The molecule has 5 atom stereocenters. The summed E-state index contributed by atoms with van der Waals surface area (Å²) in [7, 11) is 0. The zero-order chi connectivity index (χ0) is 25.8. The molecule has 2 saturated heterocycles. The average molecular weight is 501 g/mol. The normalized spacial score (nSPS) is 27.8. The summed E-state index contributed by atoms with van der Waals surface area (Å²) in [5.41, 5.74) is 1.91. The third-order valence-corrected chi connectivity index (χ3v) is 8.02. The summed E-state index contributed by atoms with van der Waals surface area (Å²) in [4.78, 5) is 54.7. The number of carbonyl (C=O) groups is 4. The van der Waals surface area contributed by atoms with Crippen LogP contribution in [0.5, 0.6) is 11.5 Å². The maximum atomic E-state index is 13.1. The summed E-state index contributed by atoms with van der Waals surface area (Å²) in [5.74, 6) is -0.703. The summed E-state index contributed by atoms with van der Waals surface area (Å²) < 4.78 is 11.1. The van der Waals surface area contributed by atoms with E-state index in [4.69, 9.17) is 9.47 Å². The molecule has 1 saturated carbocycles. The Bertz CT molecular complexity index is 1300. The molecular formula is C29H28N2O6. The number of hydrogen-bond acceptors (Lipinski definition) is 6. The van der Waals surface area contributed by atoms with Gasteiger partial charge in [0, 0.05) is 18.7 Å². The van der Waals surface area contributed by atoms with Gasteiger partial charge in [0.15, 0.2) is 0 Å². The zero-order valence-corrected chi connectivity index (χ0v) is 20.8. The lowest BCUT2D eigenvalue weighted by atomic mass is 9.85. The summed E-state index contributed by atoms with van der Waals surface area (Å²) in [6.07, 6.45) is 5.09. The maximum Gasteiger partial charge on any atom is 0.316 e. The number of rotatable bonds is 6. The van der Waals surface area contributed by atoms with E-state index in [-0.39, 0.29) is 54.4 Å². The highest BCUT2D eigenvalue weighted by atomic mass is 16.5.